The molecule has 0 saturated carbocycles. The van der Waals surface area contributed by atoms with Crippen molar-refractivity contribution in [3.63, 3.8) is 0 Å². The third-order valence-electron chi connectivity index (χ3n) is 2.66. The fraction of sp³-hybridized carbons (Fsp3) is 0.357. The van der Waals surface area contributed by atoms with E-state index in [1.54, 1.807) is 32.6 Å². The lowest BCUT2D eigenvalue weighted by atomic mass is 10.3. The molecule has 2 rings (SSSR count). The SMILES string of the molecule is CCNCc1coc(Oc2c(OC)cccc2OC)n1. The second-order valence-electron chi connectivity index (χ2n) is 3.98. The van der Waals surface area contributed by atoms with Crippen LogP contribution in [0.4, 0.5) is 0 Å². The maximum absolute atomic E-state index is 5.63. The van der Waals surface area contributed by atoms with Crippen LogP contribution in [0.2, 0.25) is 0 Å². The zero-order valence-corrected chi connectivity index (χ0v) is 11.8. The van der Waals surface area contributed by atoms with Gasteiger partial charge in [0.15, 0.2) is 11.5 Å². The molecule has 2 aromatic rings. The van der Waals surface area contributed by atoms with Gasteiger partial charge in [-0.25, -0.2) is 0 Å². The summed E-state index contributed by atoms with van der Waals surface area (Å²) in [7, 11) is 3.13. The van der Waals surface area contributed by atoms with Crippen LogP contribution in [0, 0.1) is 0 Å². The molecule has 6 heteroatoms. The van der Waals surface area contributed by atoms with Crippen LogP contribution < -0.4 is 19.5 Å². The van der Waals surface area contributed by atoms with Gasteiger partial charge in [0.1, 0.15) is 6.26 Å². The van der Waals surface area contributed by atoms with Crippen LogP contribution in [0.1, 0.15) is 12.6 Å². The molecule has 1 heterocycles. The summed E-state index contributed by atoms with van der Waals surface area (Å²) in [6.07, 6.45) is 1.71. The van der Waals surface area contributed by atoms with Gasteiger partial charge in [-0.15, -0.1) is 0 Å². The standard InChI is InChI=1S/C14H18N2O4/c1-4-15-8-10-9-19-14(16-10)20-13-11(17-2)6-5-7-12(13)18-3/h5-7,9,15H,4,8H2,1-3H3. The van der Waals surface area contributed by atoms with Gasteiger partial charge in [0.05, 0.1) is 19.9 Å². The third kappa shape index (κ3) is 3.21. The number of nitrogens with one attached hydrogen (secondary N) is 1. The van der Waals surface area contributed by atoms with Crippen LogP contribution in [0.15, 0.2) is 28.9 Å². The van der Waals surface area contributed by atoms with Gasteiger partial charge in [-0.1, -0.05) is 13.0 Å². The summed E-state index contributed by atoms with van der Waals surface area (Å²) >= 11 is 0. The van der Waals surface area contributed by atoms with Crippen molar-refractivity contribution in [2.45, 2.75) is 13.5 Å². The van der Waals surface area contributed by atoms with E-state index in [1.807, 2.05) is 13.0 Å². The van der Waals surface area contributed by atoms with Gasteiger partial charge >= 0.3 is 6.08 Å². The molecule has 20 heavy (non-hydrogen) atoms. The number of rotatable bonds is 7. The van der Waals surface area contributed by atoms with Crippen molar-refractivity contribution in [2.75, 3.05) is 20.8 Å². The molecule has 0 atom stereocenters. The summed E-state index contributed by atoms with van der Waals surface area (Å²) < 4.78 is 21.4. The smallest absolute Gasteiger partial charge is 0.399 e. The number of ether oxygens (including phenoxy) is 3. The molecule has 0 radical (unpaired) electrons. The topological polar surface area (TPSA) is 65.8 Å². The molecule has 108 valence electrons. The van der Waals surface area contributed by atoms with Gasteiger partial charge in [0, 0.05) is 6.54 Å². The van der Waals surface area contributed by atoms with Crippen LogP contribution in [0.3, 0.4) is 0 Å². The zero-order valence-electron chi connectivity index (χ0n) is 11.8. The molecule has 0 unspecified atom stereocenters. The third-order valence-corrected chi connectivity index (χ3v) is 2.66. The quantitative estimate of drug-likeness (QED) is 0.839. The van der Waals surface area contributed by atoms with Crippen molar-refractivity contribution in [3.05, 3.63) is 30.2 Å². The highest BCUT2D eigenvalue weighted by atomic mass is 16.6. The van der Waals surface area contributed by atoms with Gasteiger partial charge < -0.3 is 23.9 Å². The predicted octanol–water partition coefficient (Wildman–Crippen LogP) is 2.59. The Balaban J connectivity index is 2.18. The van der Waals surface area contributed by atoms with E-state index >= 15 is 0 Å². The van der Waals surface area contributed by atoms with Gasteiger partial charge in [-0.3, -0.25) is 0 Å². The fourth-order valence-corrected chi connectivity index (χ4v) is 1.67. The highest BCUT2D eigenvalue weighted by Crippen LogP contribution is 2.39. The van der Waals surface area contributed by atoms with Crippen LogP contribution in [-0.2, 0) is 6.54 Å². The second kappa shape index (κ2) is 6.81. The van der Waals surface area contributed by atoms with Gasteiger partial charge in [0.2, 0.25) is 5.75 Å². The molecular weight excluding hydrogens is 260 g/mol. The molecule has 6 nitrogen and oxygen atoms in total. The Kier molecular flexibility index (Phi) is 4.84. The number of benzene rings is 1. The second-order valence-corrected chi connectivity index (χ2v) is 3.98. The lowest BCUT2D eigenvalue weighted by molar-refractivity contribution is 0.292. The molecule has 0 bridgehead atoms. The Hall–Kier alpha value is -2.21. The first kappa shape index (κ1) is 14.2. The number of hydrogen-bond donors (Lipinski definition) is 1. The van der Waals surface area contributed by atoms with E-state index < -0.39 is 0 Å². The lowest BCUT2D eigenvalue weighted by Crippen LogP contribution is -2.11. The van der Waals surface area contributed by atoms with Gasteiger partial charge in [-0.2, -0.15) is 4.98 Å². The van der Waals surface area contributed by atoms with Crippen molar-refractivity contribution in [3.8, 4) is 23.3 Å². The van der Waals surface area contributed by atoms with Crippen molar-refractivity contribution in [1.29, 1.82) is 0 Å². The van der Waals surface area contributed by atoms with Crippen LogP contribution in [0.5, 0.6) is 23.3 Å². The summed E-state index contributed by atoms with van der Waals surface area (Å²) in [6.45, 7) is 3.52. The van der Waals surface area contributed by atoms with Crippen LogP contribution >= 0.6 is 0 Å². The summed E-state index contributed by atoms with van der Waals surface area (Å²) in [5, 5.41) is 3.16. The average Bonchev–Trinajstić information content (AvgIpc) is 2.93. The number of nitrogens with zero attached hydrogens (tertiary/aromatic N) is 1. The maximum Gasteiger partial charge on any atom is 0.399 e. The normalized spacial score (nSPS) is 10.3. The number of para-hydroxylation sites is 1. The molecule has 0 aliphatic carbocycles. The first-order chi connectivity index (χ1) is 9.78. The van der Waals surface area contributed by atoms with Crippen molar-refractivity contribution < 1.29 is 18.6 Å². The van der Waals surface area contributed by atoms with E-state index in [4.69, 9.17) is 18.6 Å². The Morgan fingerprint density at radius 3 is 2.50 bits per heavy atom. The summed E-state index contributed by atoms with van der Waals surface area (Å²) in [5.41, 5.74) is 0.774. The number of oxazole rings is 1. The Labute approximate surface area is 117 Å². The van der Waals surface area contributed by atoms with Crippen LogP contribution in [-0.4, -0.2) is 25.7 Å². The molecule has 1 aromatic carbocycles. The predicted molar refractivity (Wildman–Crippen MR) is 73.5 cm³/mol. The molecular formula is C14H18N2O4. The fourth-order valence-electron chi connectivity index (χ4n) is 1.67. The van der Waals surface area contributed by atoms with E-state index in [0.29, 0.717) is 23.8 Å². The van der Waals surface area contributed by atoms with Crippen LogP contribution in [0.25, 0.3) is 0 Å². The molecule has 0 saturated heterocycles. The summed E-state index contributed by atoms with van der Waals surface area (Å²) in [5.74, 6) is 1.54. The molecule has 0 aliphatic heterocycles. The Bertz CT molecular complexity index is 532. The van der Waals surface area contributed by atoms with Crippen molar-refractivity contribution in [1.82, 2.24) is 10.3 Å². The zero-order chi connectivity index (χ0) is 14.4. The monoisotopic (exact) mass is 278 g/mol. The van der Waals surface area contributed by atoms with Crippen molar-refractivity contribution in [2.24, 2.45) is 0 Å². The van der Waals surface area contributed by atoms with E-state index in [2.05, 4.69) is 10.3 Å². The highest BCUT2D eigenvalue weighted by molar-refractivity contribution is 5.52. The molecule has 0 fully saturated rings. The number of methoxy groups -OCH3 is 2. The first-order valence-corrected chi connectivity index (χ1v) is 6.32. The largest absolute Gasteiger partial charge is 0.493 e. The summed E-state index contributed by atoms with van der Waals surface area (Å²) in [4.78, 5) is 4.23. The van der Waals surface area contributed by atoms with E-state index in [0.717, 1.165) is 12.2 Å². The van der Waals surface area contributed by atoms with Gasteiger partial charge in [-0.05, 0) is 18.7 Å². The maximum atomic E-state index is 5.63. The van der Waals surface area contributed by atoms with Crippen molar-refractivity contribution >= 4 is 0 Å². The molecule has 1 aromatic heterocycles. The minimum atomic E-state index is 0.153. The summed E-state index contributed by atoms with van der Waals surface area (Å²) in [6, 6.07) is 5.37. The number of hydrogen-bond acceptors (Lipinski definition) is 6. The highest BCUT2D eigenvalue weighted by Gasteiger charge is 2.15. The molecule has 0 amide bonds. The minimum absolute atomic E-state index is 0.153. The number of aromatic nitrogens is 1. The Morgan fingerprint density at radius 2 is 1.90 bits per heavy atom. The average molecular weight is 278 g/mol. The van der Waals surface area contributed by atoms with Gasteiger partial charge in [0.25, 0.3) is 0 Å². The van der Waals surface area contributed by atoms with E-state index in [1.165, 1.54) is 0 Å². The molecule has 1 N–H and O–H groups in total. The first-order valence-electron chi connectivity index (χ1n) is 6.32. The Morgan fingerprint density at radius 1 is 1.20 bits per heavy atom. The minimum Gasteiger partial charge on any atom is -0.493 e. The van der Waals surface area contributed by atoms with E-state index in [-0.39, 0.29) is 6.08 Å². The lowest BCUT2D eigenvalue weighted by Gasteiger charge is -2.11. The molecule has 0 aliphatic rings. The molecule has 0 spiro atoms. The van der Waals surface area contributed by atoms with E-state index in [9.17, 15) is 0 Å².